The largest absolute Gasteiger partial charge is 0.345 e. The van der Waals surface area contributed by atoms with Crippen molar-refractivity contribution in [1.82, 2.24) is 4.90 Å². The topological polar surface area (TPSA) is 37.4 Å². The number of carbonyl (C=O) groups excluding carboxylic acids is 2. The molecular formula is C8H13NO2. The molecule has 0 aromatic rings. The zero-order valence-corrected chi connectivity index (χ0v) is 7.34. The van der Waals surface area contributed by atoms with Crippen molar-refractivity contribution in [3.05, 3.63) is 11.6 Å². The van der Waals surface area contributed by atoms with Gasteiger partial charge in [-0.05, 0) is 13.8 Å². The molecular weight excluding hydrogens is 142 g/mol. The first kappa shape index (κ1) is 9.88. The van der Waals surface area contributed by atoms with Crippen LogP contribution in [0.1, 0.15) is 13.8 Å². The molecule has 0 heterocycles. The van der Waals surface area contributed by atoms with E-state index in [4.69, 9.17) is 0 Å². The molecule has 1 amide bonds. The number of amides is 1. The SMILES string of the molecule is C/C=C(\C(C)=O)C(=O)N(C)C. The average Bonchev–Trinajstić information content (AvgIpc) is 1.88. The van der Waals surface area contributed by atoms with Gasteiger partial charge in [-0.25, -0.2) is 0 Å². The monoisotopic (exact) mass is 155 g/mol. The Balaban J connectivity index is 4.55. The number of nitrogens with zero attached hydrogens (tertiary/aromatic N) is 1. The second kappa shape index (κ2) is 3.91. The first-order chi connectivity index (χ1) is 5.00. The number of hydrogen-bond acceptors (Lipinski definition) is 2. The van der Waals surface area contributed by atoms with E-state index in [0.717, 1.165) is 0 Å². The summed E-state index contributed by atoms with van der Waals surface area (Å²) < 4.78 is 0. The summed E-state index contributed by atoms with van der Waals surface area (Å²) in [5, 5.41) is 0. The second-order valence-corrected chi connectivity index (χ2v) is 2.46. The van der Waals surface area contributed by atoms with Gasteiger partial charge in [0.15, 0.2) is 5.78 Å². The Bertz CT molecular complexity index is 204. The van der Waals surface area contributed by atoms with Gasteiger partial charge in [-0.3, -0.25) is 9.59 Å². The van der Waals surface area contributed by atoms with Gasteiger partial charge in [0.2, 0.25) is 0 Å². The van der Waals surface area contributed by atoms with Crippen LogP contribution in [0.5, 0.6) is 0 Å². The van der Waals surface area contributed by atoms with E-state index >= 15 is 0 Å². The lowest BCUT2D eigenvalue weighted by Crippen LogP contribution is -2.26. The minimum atomic E-state index is -0.236. The number of carbonyl (C=O) groups is 2. The lowest BCUT2D eigenvalue weighted by Gasteiger charge is -2.10. The minimum absolute atomic E-state index is 0.189. The average molecular weight is 155 g/mol. The summed E-state index contributed by atoms with van der Waals surface area (Å²) in [5.41, 5.74) is 0.245. The van der Waals surface area contributed by atoms with E-state index in [-0.39, 0.29) is 17.3 Å². The third-order valence-electron chi connectivity index (χ3n) is 1.30. The van der Waals surface area contributed by atoms with E-state index in [1.165, 1.54) is 17.9 Å². The van der Waals surface area contributed by atoms with Gasteiger partial charge in [0, 0.05) is 14.1 Å². The number of rotatable bonds is 2. The van der Waals surface area contributed by atoms with Crippen molar-refractivity contribution >= 4 is 11.7 Å². The standard InChI is InChI=1S/C8H13NO2/c1-5-7(6(2)10)8(11)9(3)4/h5H,1-4H3/b7-5+. The van der Waals surface area contributed by atoms with E-state index in [1.807, 2.05) is 0 Å². The summed E-state index contributed by atoms with van der Waals surface area (Å²) in [6, 6.07) is 0. The quantitative estimate of drug-likeness (QED) is 0.333. The van der Waals surface area contributed by atoms with Crippen LogP contribution in [-0.4, -0.2) is 30.7 Å². The van der Waals surface area contributed by atoms with Gasteiger partial charge in [0.1, 0.15) is 0 Å². The Morgan fingerprint density at radius 2 is 1.73 bits per heavy atom. The summed E-state index contributed by atoms with van der Waals surface area (Å²) in [5.74, 6) is -0.425. The number of ketones is 1. The molecule has 3 heteroatoms. The fourth-order valence-corrected chi connectivity index (χ4v) is 0.718. The molecule has 0 aromatic carbocycles. The van der Waals surface area contributed by atoms with E-state index in [9.17, 15) is 9.59 Å². The van der Waals surface area contributed by atoms with Crippen molar-refractivity contribution in [1.29, 1.82) is 0 Å². The number of likely N-dealkylation sites (N-methyl/N-ethyl adjacent to an activating group) is 1. The van der Waals surface area contributed by atoms with Crippen molar-refractivity contribution in [2.45, 2.75) is 13.8 Å². The van der Waals surface area contributed by atoms with Crippen LogP contribution in [0.3, 0.4) is 0 Å². The van der Waals surface area contributed by atoms with Crippen molar-refractivity contribution in [3.63, 3.8) is 0 Å². The van der Waals surface area contributed by atoms with Crippen LogP contribution in [0.2, 0.25) is 0 Å². The zero-order valence-electron chi connectivity index (χ0n) is 7.34. The molecule has 0 spiro atoms. The third kappa shape index (κ3) is 2.53. The summed E-state index contributed by atoms with van der Waals surface area (Å²) in [6.45, 7) is 3.06. The molecule has 0 rings (SSSR count). The lowest BCUT2D eigenvalue weighted by atomic mass is 10.1. The van der Waals surface area contributed by atoms with Gasteiger partial charge in [-0.2, -0.15) is 0 Å². The van der Waals surface area contributed by atoms with E-state index < -0.39 is 0 Å². The third-order valence-corrected chi connectivity index (χ3v) is 1.30. The van der Waals surface area contributed by atoms with Gasteiger partial charge in [0.05, 0.1) is 5.57 Å². The van der Waals surface area contributed by atoms with Crippen molar-refractivity contribution < 1.29 is 9.59 Å². The van der Waals surface area contributed by atoms with Crippen LogP contribution in [0.15, 0.2) is 11.6 Å². The first-order valence-electron chi connectivity index (χ1n) is 3.39. The highest BCUT2D eigenvalue weighted by Crippen LogP contribution is 1.99. The fraction of sp³-hybridized carbons (Fsp3) is 0.500. The maximum Gasteiger partial charge on any atom is 0.256 e. The highest BCUT2D eigenvalue weighted by atomic mass is 16.2. The van der Waals surface area contributed by atoms with Gasteiger partial charge in [-0.1, -0.05) is 6.08 Å². The molecule has 0 saturated heterocycles. The number of hydrogen-bond donors (Lipinski definition) is 0. The van der Waals surface area contributed by atoms with E-state index in [0.29, 0.717) is 0 Å². The van der Waals surface area contributed by atoms with Gasteiger partial charge >= 0.3 is 0 Å². The lowest BCUT2D eigenvalue weighted by molar-refractivity contribution is -0.127. The van der Waals surface area contributed by atoms with Crippen LogP contribution < -0.4 is 0 Å². The Kier molecular flexibility index (Phi) is 3.51. The highest BCUT2D eigenvalue weighted by Gasteiger charge is 2.13. The van der Waals surface area contributed by atoms with Crippen LogP contribution in [0, 0.1) is 0 Å². The maximum atomic E-state index is 11.2. The van der Waals surface area contributed by atoms with E-state index in [2.05, 4.69) is 0 Å². The minimum Gasteiger partial charge on any atom is -0.345 e. The van der Waals surface area contributed by atoms with Crippen molar-refractivity contribution in [2.24, 2.45) is 0 Å². The Morgan fingerprint density at radius 3 is 1.82 bits per heavy atom. The molecule has 62 valence electrons. The molecule has 0 N–H and O–H groups in total. The summed E-state index contributed by atoms with van der Waals surface area (Å²) >= 11 is 0. The molecule has 0 unspecified atom stereocenters. The van der Waals surface area contributed by atoms with Crippen molar-refractivity contribution in [2.75, 3.05) is 14.1 Å². The summed E-state index contributed by atoms with van der Waals surface area (Å²) in [7, 11) is 3.24. The van der Waals surface area contributed by atoms with Crippen molar-refractivity contribution in [3.8, 4) is 0 Å². The van der Waals surface area contributed by atoms with Crippen LogP contribution in [0.4, 0.5) is 0 Å². The molecule has 0 saturated carbocycles. The van der Waals surface area contributed by atoms with Crippen LogP contribution in [-0.2, 0) is 9.59 Å². The van der Waals surface area contributed by atoms with E-state index in [1.54, 1.807) is 21.0 Å². The highest BCUT2D eigenvalue weighted by molar-refractivity contribution is 6.18. The Morgan fingerprint density at radius 1 is 1.27 bits per heavy atom. The molecule has 0 bridgehead atoms. The molecule has 11 heavy (non-hydrogen) atoms. The Hall–Kier alpha value is -1.12. The number of Topliss-reactive ketones (excluding diaryl/α,β-unsaturated/α-hetero) is 1. The molecule has 0 radical (unpaired) electrons. The van der Waals surface area contributed by atoms with Gasteiger partial charge < -0.3 is 4.90 Å². The van der Waals surface area contributed by atoms with Crippen LogP contribution >= 0.6 is 0 Å². The fourth-order valence-electron chi connectivity index (χ4n) is 0.718. The van der Waals surface area contributed by atoms with Crippen LogP contribution in [0.25, 0.3) is 0 Å². The molecule has 0 aliphatic heterocycles. The summed E-state index contributed by atoms with van der Waals surface area (Å²) in [4.78, 5) is 23.3. The maximum absolute atomic E-state index is 11.2. The Labute approximate surface area is 66.7 Å². The van der Waals surface area contributed by atoms with Gasteiger partial charge in [0.25, 0.3) is 5.91 Å². The normalized spacial score (nSPS) is 11.1. The zero-order chi connectivity index (χ0) is 9.02. The van der Waals surface area contributed by atoms with Gasteiger partial charge in [-0.15, -0.1) is 0 Å². The summed E-state index contributed by atoms with van der Waals surface area (Å²) in [6.07, 6.45) is 1.53. The second-order valence-electron chi connectivity index (χ2n) is 2.46. The molecule has 0 aliphatic carbocycles. The number of allylic oxidation sites excluding steroid dienone is 1. The molecule has 3 nitrogen and oxygen atoms in total. The smallest absolute Gasteiger partial charge is 0.256 e. The molecule has 0 aliphatic rings. The predicted molar refractivity (Wildman–Crippen MR) is 43.1 cm³/mol. The predicted octanol–water partition coefficient (Wildman–Crippen LogP) is 0.610. The first-order valence-corrected chi connectivity index (χ1v) is 3.39. The molecule has 0 atom stereocenters. The molecule has 0 aromatic heterocycles. The molecule has 0 fully saturated rings.